The third-order valence-electron chi connectivity index (χ3n) is 2.30. The zero-order valence-electron chi connectivity index (χ0n) is 8.03. The first-order chi connectivity index (χ1) is 6.33. The van der Waals surface area contributed by atoms with Crippen molar-refractivity contribution in [2.45, 2.75) is 26.2 Å². The highest BCUT2D eigenvalue weighted by atomic mass is 31.1. The minimum absolute atomic E-state index is 0.0700. The fourth-order valence-corrected chi connectivity index (χ4v) is 1.47. The first kappa shape index (κ1) is 10.7. The highest BCUT2D eigenvalue weighted by Gasteiger charge is 2.09. The zero-order chi connectivity index (χ0) is 9.52. The molecule has 0 heterocycles. The van der Waals surface area contributed by atoms with Crippen molar-refractivity contribution in [2.75, 3.05) is 0 Å². The Morgan fingerprint density at radius 1 is 1.23 bits per heavy atom. The van der Waals surface area contributed by atoms with Crippen molar-refractivity contribution in [3.63, 3.8) is 0 Å². The molecule has 0 amide bonds. The van der Waals surface area contributed by atoms with E-state index >= 15 is 0 Å². The highest BCUT2D eigenvalue weighted by molar-refractivity contribution is 7.40. The summed E-state index contributed by atoms with van der Waals surface area (Å²) in [6, 6.07) is 9.57. The second-order valence-corrected chi connectivity index (χ2v) is 4.31. The van der Waals surface area contributed by atoms with E-state index in [4.69, 9.17) is 4.89 Å². The summed E-state index contributed by atoms with van der Waals surface area (Å²) < 4.78 is 0. The first-order valence-corrected chi connectivity index (χ1v) is 5.73. The molecule has 2 heteroatoms. The normalized spacial score (nSPS) is 16.5. The van der Waals surface area contributed by atoms with Crippen molar-refractivity contribution in [3.05, 3.63) is 30.3 Å². The standard InChI is InChI=1S/C6H7OP.C5H10/c7-8-6-4-2-1-3-5-6;1-5-3-2-4-5/h1-5,7-8H;5H,2-4H2,1H3. The van der Waals surface area contributed by atoms with Crippen LogP contribution in [0, 0.1) is 5.92 Å². The van der Waals surface area contributed by atoms with E-state index in [-0.39, 0.29) is 8.81 Å². The van der Waals surface area contributed by atoms with E-state index in [9.17, 15) is 0 Å². The van der Waals surface area contributed by atoms with Gasteiger partial charge in [-0.25, -0.2) is 0 Å². The van der Waals surface area contributed by atoms with Gasteiger partial charge in [-0.15, -0.1) is 0 Å². The van der Waals surface area contributed by atoms with Gasteiger partial charge in [0, 0.05) is 8.81 Å². The maximum Gasteiger partial charge on any atom is 0.0420 e. The first-order valence-electron chi connectivity index (χ1n) is 4.78. The van der Waals surface area contributed by atoms with Crippen LogP contribution >= 0.6 is 8.81 Å². The summed E-state index contributed by atoms with van der Waals surface area (Å²) >= 11 is 0. The predicted octanol–water partition coefficient (Wildman–Crippen LogP) is 2.70. The smallest absolute Gasteiger partial charge is 0.0420 e. The predicted molar refractivity (Wildman–Crippen MR) is 59.6 cm³/mol. The number of hydrogen-bond donors (Lipinski definition) is 1. The van der Waals surface area contributed by atoms with Gasteiger partial charge in [0.05, 0.1) is 0 Å². The molecule has 72 valence electrons. The second kappa shape index (κ2) is 6.12. The molecule has 2 rings (SSSR count). The van der Waals surface area contributed by atoms with Gasteiger partial charge >= 0.3 is 0 Å². The van der Waals surface area contributed by atoms with Gasteiger partial charge in [-0.2, -0.15) is 0 Å². The molecule has 13 heavy (non-hydrogen) atoms. The molecular weight excluding hydrogens is 179 g/mol. The molecular formula is C11H17OP. The van der Waals surface area contributed by atoms with E-state index in [1.807, 2.05) is 30.3 Å². The molecule has 1 aromatic carbocycles. The van der Waals surface area contributed by atoms with Gasteiger partial charge in [-0.3, -0.25) is 0 Å². The van der Waals surface area contributed by atoms with Crippen LogP contribution in [0.5, 0.6) is 0 Å². The van der Waals surface area contributed by atoms with E-state index in [0.717, 1.165) is 11.2 Å². The molecule has 1 aromatic rings. The Balaban J connectivity index is 0.000000145. The Hall–Kier alpha value is -0.390. The van der Waals surface area contributed by atoms with Crippen LogP contribution < -0.4 is 5.30 Å². The number of hydrogen-bond acceptors (Lipinski definition) is 1. The van der Waals surface area contributed by atoms with Crippen molar-refractivity contribution in [1.29, 1.82) is 0 Å². The average molecular weight is 196 g/mol. The Kier molecular flexibility index (Phi) is 5.03. The molecule has 0 radical (unpaired) electrons. The fraction of sp³-hybridized carbons (Fsp3) is 0.455. The Morgan fingerprint density at radius 3 is 2.00 bits per heavy atom. The Morgan fingerprint density at radius 2 is 1.77 bits per heavy atom. The molecule has 0 bridgehead atoms. The van der Waals surface area contributed by atoms with Gasteiger partial charge < -0.3 is 4.89 Å². The van der Waals surface area contributed by atoms with Gasteiger partial charge in [0.25, 0.3) is 0 Å². The van der Waals surface area contributed by atoms with Crippen molar-refractivity contribution in [3.8, 4) is 0 Å². The zero-order valence-corrected chi connectivity index (χ0v) is 9.03. The molecule has 1 saturated carbocycles. The minimum atomic E-state index is -0.0700. The molecule has 1 unspecified atom stereocenters. The monoisotopic (exact) mass is 196 g/mol. The Bertz CT molecular complexity index is 219. The van der Waals surface area contributed by atoms with Crippen LogP contribution in [0.25, 0.3) is 0 Å². The molecule has 0 saturated heterocycles. The molecule has 1 aliphatic rings. The van der Waals surface area contributed by atoms with Crippen molar-refractivity contribution in [1.82, 2.24) is 0 Å². The maximum atomic E-state index is 8.57. The molecule has 1 aliphatic carbocycles. The van der Waals surface area contributed by atoms with E-state index in [2.05, 4.69) is 6.92 Å². The van der Waals surface area contributed by atoms with Crippen molar-refractivity contribution < 1.29 is 4.89 Å². The van der Waals surface area contributed by atoms with Gasteiger partial charge in [0.1, 0.15) is 0 Å². The van der Waals surface area contributed by atoms with Crippen LogP contribution in [0.4, 0.5) is 0 Å². The lowest BCUT2D eigenvalue weighted by Gasteiger charge is -2.18. The van der Waals surface area contributed by atoms with Gasteiger partial charge in [0.2, 0.25) is 0 Å². The third kappa shape index (κ3) is 4.40. The van der Waals surface area contributed by atoms with E-state index < -0.39 is 0 Å². The van der Waals surface area contributed by atoms with Gasteiger partial charge in [-0.1, -0.05) is 56.5 Å². The molecule has 1 fully saturated rings. The van der Waals surface area contributed by atoms with E-state index in [0.29, 0.717) is 0 Å². The molecule has 1 nitrogen and oxygen atoms in total. The SMILES string of the molecule is CC1CCC1.OPc1ccccc1. The summed E-state index contributed by atoms with van der Waals surface area (Å²) in [5.74, 6) is 1.06. The average Bonchev–Trinajstić information content (AvgIpc) is 2.17. The summed E-state index contributed by atoms with van der Waals surface area (Å²) in [5.41, 5.74) is 0. The third-order valence-corrected chi connectivity index (χ3v) is 2.89. The molecule has 0 aliphatic heterocycles. The maximum absolute atomic E-state index is 8.57. The lowest BCUT2D eigenvalue weighted by Crippen LogP contribution is -2.04. The van der Waals surface area contributed by atoms with Crippen LogP contribution in [0.3, 0.4) is 0 Å². The van der Waals surface area contributed by atoms with Crippen molar-refractivity contribution in [2.24, 2.45) is 5.92 Å². The summed E-state index contributed by atoms with van der Waals surface area (Å²) in [6.45, 7) is 2.31. The van der Waals surface area contributed by atoms with Gasteiger partial charge in [0.15, 0.2) is 0 Å². The summed E-state index contributed by atoms with van der Waals surface area (Å²) in [7, 11) is -0.0700. The second-order valence-electron chi connectivity index (χ2n) is 3.51. The van der Waals surface area contributed by atoms with E-state index in [1.165, 1.54) is 19.3 Å². The Labute approximate surface area is 82.1 Å². The largest absolute Gasteiger partial charge is 0.372 e. The van der Waals surface area contributed by atoms with Crippen LogP contribution in [0.2, 0.25) is 0 Å². The number of benzene rings is 1. The molecule has 0 aromatic heterocycles. The molecule has 0 spiro atoms. The van der Waals surface area contributed by atoms with E-state index in [1.54, 1.807) is 0 Å². The minimum Gasteiger partial charge on any atom is -0.372 e. The lowest BCUT2D eigenvalue weighted by atomic mass is 9.88. The van der Waals surface area contributed by atoms with Crippen LogP contribution in [0.1, 0.15) is 26.2 Å². The summed E-state index contributed by atoms with van der Waals surface area (Å²) in [6.07, 6.45) is 4.46. The number of rotatable bonds is 1. The summed E-state index contributed by atoms with van der Waals surface area (Å²) in [5, 5.41) is 0.993. The lowest BCUT2D eigenvalue weighted by molar-refractivity contribution is 0.346. The molecule has 1 N–H and O–H groups in total. The van der Waals surface area contributed by atoms with Crippen LogP contribution in [0.15, 0.2) is 30.3 Å². The van der Waals surface area contributed by atoms with Crippen LogP contribution in [-0.4, -0.2) is 4.89 Å². The quantitative estimate of drug-likeness (QED) is 0.685. The molecule has 1 atom stereocenters. The highest BCUT2D eigenvalue weighted by Crippen LogP contribution is 2.24. The van der Waals surface area contributed by atoms with Crippen molar-refractivity contribution >= 4 is 14.1 Å². The summed E-state index contributed by atoms with van der Waals surface area (Å²) in [4.78, 5) is 8.57. The van der Waals surface area contributed by atoms with Gasteiger partial charge in [-0.05, 0) is 11.2 Å². The topological polar surface area (TPSA) is 20.2 Å². The van der Waals surface area contributed by atoms with Crippen LogP contribution in [-0.2, 0) is 0 Å². The fourth-order valence-electron chi connectivity index (χ4n) is 1.13.